The maximum Gasteiger partial charge on any atom is 0.195 e. The number of aromatic nitrogens is 4. The van der Waals surface area contributed by atoms with E-state index in [2.05, 4.69) is 15.2 Å². The van der Waals surface area contributed by atoms with E-state index in [1.807, 2.05) is 42.8 Å². The van der Waals surface area contributed by atoms with Crippen LogP contribution in [-0.2, 0) is 7.05 Å². The molecule has 0 atom stereocenters. The van der Waals surface area contributed by atoms with Crippen molar-refractivity contribution >= 4 is 23.1 Å². The molecule has 3 rings (SSSR count). The molecule has 20 heavy (non-hydrogen) atoms. The molecule has 0 aliphatic heterocycles. The van der Waals surface area contributed by atoms with Crippen LogP contribution < -0.4 is 4.74 Å². The molecule has 0 spiro atoms. The first-order chi connectivity index (χ1) is 9.60. The van der Waals surface area contributed by atoms with Crippen LogP contribution in [-0.4, -0.2) is 26.9 Å². The first kappa shape index (κ1) is 12.8. The van der Waals surface area contributed by atoms with E-state index in [4.69, 9.17) is 17.0 Å². The van der Waals surface area contributed by atoms with Crippen molar-refractivity contribution in [1.82, 2.24) is 19.7 Å². The predicted molar refractivity (Wildman–Crippen MR) is 80.4 cm³/mol. The fourth-order valence-electron chi connectivity index (χ4n) is 2.24. The van der Waals surface area contributed by atoms with Gasteiger partial charge in [0, 0.05) is 23.7 Å². The summed E-state index contributed by atoms with van der Waals surface area (Å²) in [6, 6.07) is 7.83. The Labute approximate surface area is 121 Å². The van der Waals surface area contributed by atoms with Crippen LogP contribution >= 0.6 is 12.2 Å². The lowest BCUT2D eigenvalue weighted by atomic mass is 10.1. The van der Waals surface area contributed by atoms with Crippen LogP contribution in [0.15, 0.2) is 24.3 Å². The van der Waals surface area contributed by atoms with Crippen LogP contribution in [0.5, 0.6) is 5.75 Å². The second kappa shape index (κ2) is 4.72. The van der Waals surface area contributed by atoms with Crippen LogP contribution in [0.25, 0.3) is 22.3 Å². The number of fused-ring (bicyclic) bond motifs is 1. The molecule has 0 amide bonds. The van der Waals surface area contributed by atoms with Crippen molar-refractivity contribution in [3.63, 3.8) is 0 Å². The average Bonchev–Trinajstić information content (AvgIpc) is 2.77. The van der Waals surface area contributed by atoms with E-state index in [1.165, 1.54) is 0 Å². The van der Waals surface area contributed by atoms with Gasteiger partial charge in [0.1, 0.15) is 5.75 Å². The molecule has 5 nitrogen and oxygen atoms in total. The minimum absolute atomic E-state index is 0.588. The highest BCUT2D eigenvalue weighted by Gasteiger charge is 2.12. The Kier molecular flexibility index (Phi) is 3.02. The SMILES string of the molecule is COc1ccc2nc(C)cc(-c3n[nH]c(=S)n3C)c2c1. The van der Waals surface area contributed by atoms with Crippen molar-refractivity contribution in [2.24, 2.45) is 7.05 Å². The summed E-state index contributed by atoms with van der Waals surface area (Å²) in [5.41, 5.74) is 2.84. The number of pyridine rings is 1. The summed E-state index contributed by atoms with van der Waals surface area (Å²) in [5, 5.41) is 8.11. The van der Waals surface area contributed by atoms with E-state index in [-0.39, 0.29) is 0 Å². The van der Waals surface area contributed by atoms with Crippen LogP contribution in [0.4, 0.5) is 0 Å². The predicted octanol–water partition coefficient (Wildman–Crippen LogP) is 3.01. The number of nitrogens with one attached hydrogen (secondary N) is 1. The second-order valence-corrected chi connectivity index (χ2v) is 4.99. The highest BCUT2D eigenvalue weighted by Crippen LogP contribution is 2.29. The summed E-state index contributed by atoms with van der Waals surface area (Å²) in [6.07, 6.45) is 0. The van der Waals surface area contributed by atoms with Gasteiger partial charge >= 0.3 is 0 Å². The molecular weight excluding hydrogens is 272 g/mol. The molecule has 2 aromatic heterocycles. The molecule has 2 heterocycles. The molecule has 0 aliphatic carbocycles. The molecule has 6 heteroatoms. The third-order valence-corrected chi connectivity index (χ3v) is 3.63. The largest absolute Gasteiger partial charge is 0.497 e. The fourth-order valence-corrected chi connectivity index (χ4v) is 2.37. The highest BCUT2D eigenvalue weighted by atomic mass is 32.1. The summed E-state index contributed by atoms with van der Waals surface area (Å²) in [6.45, 7) is 1.97. The number of rotatable bonds is 2. The van der Waals surface area contributed by atoms with Crippen LogP contribution in [0, 0.1) is 11.7 Å². The zero-order valence-electron chi connectivity index (χ0n) is 11.5. The minimum Gasteiger partial charge on any atom is -0.497 e. The smallest absolute Gasteiger partial charge is 0.195 e. The van der Waals surface area contributed by atoms with Gasteiger partial charge in [-0.1, -0.05) is 0 Å². The number of benzene rings is 1. The number of hydrogen-bond donors (Lipinski definition) is 1. The summed E-state index contributed by atoms with van der Waals surface area (Å²) < 4.78 is 7.73. The number of nitrogens with zero attached hydrogens (tertiary/aromatic N) is 3. The Morgan fingerprint density at radius 2 is 2.10 bits per heavy atom. The van der Waals surface area contributed by atoms with Gasteiger partial charge in [0.15, 0.2) is 10.6 Å². The van der Waals surface area contributed by atoms with Crippen LogP contribution in [0.1, 0.15) is 5.69 Å². The molecule has 0 unspecified atom stereocenters. The van der Waals surface area contributed by atoms with Gasteiger partial charge in [0.05, 0.1) is 12.6 Å². The Balaban J connectivity index is 2.38. The monoisotopic (exact) mass is 286 g/mol. The molecule has 1 N–H and O–H groups in total. The quantitative estimate of drug-likeness (QED) is 0.736. The van der Waals surface area contributed by atoms with E-state index in [9.17, 15) is 0 Å². The molecule has 0 radical (unpaired) electrons. The first-order valence-corrected chi connectivity index (χ1v) is 6.58. The standard InChI is InChI=1S/C14H14N4OS/c1-8-6-11(13-16-17-14(20)18(13)2)10-7-9(19-3)4-5-12(10)15-8/h4-7H,1-3H3,(H,17,20). The minimum atomic E-state index is 0.588. The lowest BCUT2D eigenvalue weighted by Gasteiger charge is -2.09. The van der Waals surface area contributed by atoms with Gasteiger partial charge in [0.2, 0.25) is 0 Å². The Hall–Kier alpha value is -2.21. The van der Waals surface area contributed by atoms with Crippen molar-refractivity contribution in [3.05, 3.63) is 34.7 Å². The molecule has 0 bridgehead atoms. The Morgan fingerprint density at radius 1 is 1.30 bits per heavy atom. The maximum absolute atomic E-state index is 5.30. The number of aromatic amines is 1. The van der Waals surface area contributed by atoms with Crippen molar-refractivity contribution in [2.45, 2.75) is 6.92 Å². The van der Waals surface area contributed by atoms with Gasteiger partial charge in [-0.15, -0.1) is 0 Å². The van der Waals surface area contributed by atoms with Crippen LogP contribution in [0.2, 0.25) is 0 Å². The van der Waals surface area contributed by atoms with Crippen molar-refractivity contribution in [3.8, 4) is 17.1 Å². The number of methoxy groups -OCH3 is 1. The van der Waals surface area contributed by atoms with Gasteiger partial charge < -0.3 is 9.30 Å². The van der Waals surface area contributed by atoms with E-state index < -0.39 is 0 Å². The van der Waals surface area contributed by atoms with Crippen molar-refractivity contribution in [2.75, 3.05) is 7.11 Å². The van der Waals surface area contributed by atoms with Crippen LogP contribution in [0.3, 0.4) is 0 Å². The van der Waals surface area contributed by atoms with Gasteiger partial charge in [-0.3, -0.25) is 10.1 Å². The number of aryl methyl sites for hydroxylation is 1. The fraction of sp³-hybridized carbons (Fsp3) is 0.214. The highest BCUT2D eigenvalue weighted by molar-refractivity contribution is 7.71. The average molecular weight is 286 g/mol. The van der Waals surface area contributed by atoms with E-state index in [0.717, 1.165) is 33.7 Å². The summed E-state index contributed by atoms with van der Waals surface area (Å²) in [7, 11) is 3.54. The molecule has 1 aromatic carbocycles. The number of ether oxygens (including phenoxy) is 1. The zero-order chi connectivity index (χ0) is 14.3. The third kappa shape index (κ3) is 1.98. The molecule has 0 fully saturated rings. The second-order valence-electron chi connectivity index (χ2n) is 4.61. The van der Waals surface area contributed by atoms with Gasteiger partial charge in [-0.25, -0.2) is 0 Å². The van der Waals surface area contributed by atoms with E-state index in [0.29, 0.717) is 4.77 Å². The molecule has 0 aliphatic rings. The van der Waals surface area contributed by atoms with Gasteiger partial charge in [-0.2, -0.15) is 5.10 Å². The Bertz CT molecular complexity index is 850. The summed E-state index contributed by atoms with van der Waals surface area (Å²) >= 11 is 5.18. The van der Waals surface area contributed by atoms with Gasteiger partial charge in [-0.05, 0) is 43.4 Å². The number of hydrogen-bond acceptors (Lipinski definition) is 4. The lowest BCUT2D eigenvalue weighted by molar-refractivity contribution is 0.415. The molecule has 0 saturated heterocycles. The first-order valence-electron chi connectivity index (χ1n) is 6.17. The summed E-state index contributed by atoms with van der Waals surface area (Å²) in [5.74, 6) is 1.58. The molecule has 0 saturated carbocycles. The lowest BCUT2D eigenvalue weighted by Crippen LogP contribution is -1.96. The topological polar surface area (TPSA) is 55.7 Å². The van der Waals surface area contributed by atoms with Crippen molar-refractivity contribution in [1.29, 1.82) is 0 Å². The van der Waals surface area contributed by atoms with E-state index >= 15 is 0 Å². The van der Waals surface area contributed by atoms with Gasteiger partial charge in [0.25, 0.3) is 0 Å². The van der Waals surface area contributed by atoms with Crippen molar-refractivity contribution < 1.29 is 4.74 Å². The number of H-pyrrole nitrogens is 1. The zero-order valence-corrected chi connectivity index (χ0v) is 12.3. The third-order valence-electron chi connectivity index (χ3n) is 3.26. The van der Waals surface area contributed by atoms with E-state index in [1.54, 1.807) is 7.11 Å². The Morgan fingerprint density at radius 3 is 2.75 bits per heavy atom. The molecule has 3 aromatic rings. The maximum atomic E-state index is 5.30. The molecular formula is C14H14N4OS. The molecule has 102 valence electrons. The normalized spacial score (nSPS) is 10.9. The summed E-state index contributed by atoms with van der Waals surface area (Å²) in [4.78, 5) is 4.54.